The third-order valence-electron chi connectivity index (χ3n) is 4.44. The van der Waals surface area contributed by atoms with E-state index in [2.05, 4.69) is 5.32 Å². The minimum atomic E-state index is -0.871. The number of carbonyl (C=O) groups is 1. The van der Waals surface area contributed by atoms with Gasteiger partial charge in [-0.15, -0.1) is 0 Å². The first-order valence-corrected chi connectivity index (χ1v) is 9.21. The van der Waals surface area contributed by atoms with Gasteiger partial charge in [0.25, 0.3) is 0 Å². The smallest absolute Gasteiger partial charge is 0.333 e. The van der Waals surface area contributed by atoms with Crippen LogP contribution in [0.25, 0.3) is 5.57 Å². The van der Waals surface area contributed by atoms with Crippen molar-refractivity contribution in [3.63, 3.8) is 0 Å². The van der Waals surface area contributed by atoms with Gasteiger partial charge in [-0.2, -0.15) is 0 Å². The van der Waals surface area contributed by atoms with Crippen molar-refractivity contribution < 1.29 is 19.4 Å². The number of halogens is 1. The largest absolute Gasteiger partial charge is 0.490 e. The molecule has 5 nitrogen and oxygen atoms in total. The molecule has 142 valence electrons. The van der Waals surface area contributed by atoms with Crippen molar-refractivity contribution in [3.05, 3.63) is 64.2 Å². The van der Waals surface area contributed by atoms with Gasteiger partial charge in [-0.05, 0) is 54.8 Å². The third-order valence-corrected chi connectivity index (χ3v) is 4.74. The molecule has 2 aromatic carbocycles. The number of rotatable bonds is 7. The van der Waals surface area contributed by atoms with E-state index in [0.717, 1.165) is 23.2 Å². The maximum atomic E-state index is 11.4. The summed E-state index contributed by atoms with van der Waals surface area (Å²) < 4.78 is 11.4. The summed E-state index contributed by atoms with van der Waals surface area (Å²) in [6, 6.07) is 13.1. The highest BCUT2D eigenvalue weighted by Crippen LogP contribution is 2.28. The second-order valence-corrected chi connectivity index (χ2v) is 6.70. The molecule has 0 atom stereocenters. The van der Waals surface area contributed by atoms with Crippen LogP contribution in [0.3, 0.4) is 0 Å². The van der Waals surface area contributed by atoms with Gasteiger partial charge in [0.15, 0.2) is 0 Å². The summed E-state index contributed by atoms with van der Waals surface area (Å²) in [4.78, 5) is 11.4. The summed E-state index contributed by atoms with van der Waals surface area (Å²) in [5.41, 5.74) is 3.21. The molecule has 0 aliphatic carbocycles. The lowest BCUT2D eigenvalue weighted by atomic mass is 9.94. The fraction of sp³-hybridized carbons (Fsp3) is 0.286. The van der Waals surface area contributed by atoms with E-state index >= 15 is 0 Å². The van der Waals surface area contributed by atoms with Gasteiger partial charge in [0.2, 0.25) is 0 Å². The molecule has 0 radical (unpaired) electrons. The number of carboxylic acids is 1. The van der Waals surface area contributed by atoms with E-state index in [-0.39, 0.29) is 0 Å². The van der Waals surface area contributed by atoms with Gasteiger partial charge in [0.1, 0.15) is 24.7 Å². The Balaban J connectivity index is 1.57. The molecule has 6 heteroatoms. The van der Waals surface area contributed by atoms with Crippen LogP contribution in [0.1, 0.15) is 17.5 Å². The number of aryl methyl sites for hydroxylation is 1. The van der Waals surface area contributed by atoms with E-state index in [4.69, 9.17) is 21.1 Å². The first-order chi connectivity index (χ1) is 13.1. The summed E-state index contributed by atoms with van der Waals surface area (Å²) in [6.45, 7) is 3.88. The van der Waals surface area contributed by atoms with E-state index in [9.17, 15) is 9.90 Å². The Morgan fingerprint density at radius 3 is 2.59 bits per heavy atom. The fourth-order valence-corrected chi connectivity index (χ4v) is 3.34. The van der Waals surface area contributed by atoms with E-state index in [1.54, 1.807) is 6.07 Å². The molecular formula is C21H22ClNO4. The molecule has 3 rings (SSSR count). The van der Waals surface area contributed by atoms with Gasteiger partial charge < -0.3 is 19.9 Å². The molecule has 1 heterocycles. The normalized spacial score (nSPS) is 14.1. The van der Waals surface area contributed by atoms with Crippen molar-refractivity contribution in [2.45, 2.75) is 13.3 Å². The topological polar surface area (TPSA) is 67.8 Å². The van der Waals surface area contributed by atoms with Crippen LogP contribution in [0, 0.1) is 6.92 Å². The summed E-state index contributed by atoms with van der Waals surface area (Å²) in [7, 11) is 0. The van der Waals surface area contributed by atoms with E-state index in [1.165, 1.54) is 0 Å². The second-order valence-electron chi connectivity index (χ2n) is 6.30. The van der Waals surface area contributed by atoms with Crippen molar-refractivity contribution in [2.75, 3.05) is 26.3 Å². The van der Waals surface area contributed by atoms with E-state index < -0.39 is 5.97 Å². The maximum absolute atomic E-state index is 11.4. The van der Waals surface area contributed by atoms with Gasteiger partial charge in [0, 0.05) is 6.54 Å². The number of aliphatic carboxylic acids is 1. The van der Waals surface area contributed by atoms with Gasteiger partial charge in [0.05, 0.1) is 10.6 Å². The number of nitrogens with one attached hydrogen (secondary N) is 1. The third kappa shape index (κ3) is 4.81. The standard InChI is InChI=1S/C21H22ClNO4/c1-14-3-2-4-19(22)20(14)27-12-11-26-16-7-5-15(6-8-16)17-9-10-23-13-18(17)21(24)25/h2-8,23H,9-13H2,1H3,(H,24,25). The number of hydrogen-bond donors (Lipinski definition) is 2. The lowest BCUT2D eigenvalue weighted by Gasteiger charge is -2.19. The van der Waals surface area contributed by atoms with Gasteiger partial charge in [-0.3, -0.25) is 0 Å². The summed E-state index contributed by atoms with van der Waals surface area (Å²) >= 11 is 6.13. The number of ether oxygens (including phenoxy) is 2. The van der Waals surface area contributed by atoms with Crippen LogP contribution < -0.4 is 14.8 Å². The predicted molar refractivity (Wildman–Crippen MR) is 106 cm³/mol. The van der Waals surface area contributed by atoms with Crippen molar-refractivity contribution in [1.82, 2.24) is 5.32 Å². The number of para-hydroxylation sites is 1. The van der Waals surface area contributed by atoms with Gasteiger partial charge in [-0.1, -0.05) is 35.9 Å². The summed E-state index contributed by atoms with van der Waals surface area (Å²) in [5, 5.41) is 13.0. The zero-order valence-electron chi connectivity index (χ0n) is 15.1. The zero-order chi connectivity index (χ0) is 19.2. The van der Waals surface area contributed by atoms with Crippen LogP contribution in [0.15, 0.2) is 48.0 Å². The molecule has 0 saturated heterocycles. The average Bonchev–Trinajstić information content (AvgIpc) is 2.67. The lowest BCUT2D eigenvalue weighted by Crippen LogP contribution is -2.28. The molecule has 0 saturated carbocycles. The van der Waals surface area contributed by atoms with Crippen LogP contribution in [-0.4, -0.2) is 37.4 Å². The van der Waals surface area contributed by atoms with E-state index in [1.807, 2.05) is 43.3 Å². The summed E-state index contributed by atoms with van der Waals surface area (Å²) in [6.07, 6.45) is 0.701. The number of carboxylic acid groups (broad SMARTS) is 1. The quantitative estimate of drug-likeness (QED) is 0.704. The molecule has 1 aliphatic rings. The lowest BCUT2D eigenvalue weighted by molar-refractivity contribution is -0.132. The second kappa shape index (κ2) is 8.93. The Kier molecular flexibility index (Phi) is 6.37. The minimum absolute atomic E-state index is 0.381. The molecule has 0 spiro atoms. The highest BCUT2D eigenvalue weighted by atomic mass is 35.5. The molecule has 0 aromatic heterocycles. The molecule has 2 N–H and O–H groups in total. The van der Waals surface area contributed by atoms with Gasteiger partial charge in [-0.25, -0.2) is 4.79 Å². The van der Waals surface area contributed by atoms with Crippen molar-refractivity contribution >= 4 is 23.1 Å². The predicted octanol–water partition coefficient (Wildman–Crippen LogP) is 3.94. The summed E-state index contributed by atoms with van der Waals surface area (Å²) in [5.74, 6) is 0.520. The number of hydrogen-bond acceptors (Lipinski definition) is 4. The SMILES string of the molecule is Cc1cccc(Cl)c1OCCOc1ccc(C2=C(C(=O)O)CNCC2)cc1. The van der Waals surface area contributed by atoms with Crippen molar-refractivity contribution in [2.24, 2.45) is 0 Å². The Labute approximate surface area is 163 Å². The average molecular weight is 388 g/mol. The first-order valence-electron chi connectivity index (χ1n) is 8.83. The molecule has 0 bridgehead atoms. The Morgan fingerprint density at radius 2 is 1.89 bits per heavy atom. The van der Waals surface area contributed by atoms with Crippen LogP contribution in [-0.2, 0) is 4.79 Å². The Bertz CT molecular complexity index is 826. The fourth-order valence-electron chi connectivity index (χ4n) is 3.06. The highest BCUT2D eigenvalue weighted by molar-refractivity contribution is 6.32. The van der Waals surface area contributed by atoms with Gasteiger partial charge >= 0.3 is 5.97 Å². The van der Waals surface area contributed by atoms with E-state index in [0.29, 0.717) is 48.3 Å². The van der Waals surface area contributed by atoms with Crippen molar-refractivity contribution in [3.8, 4) is 11.5 Å². The van der Waals surface area contributed by atoms with Crippen LogP contribution in [0.5, 0.6) is 11.5 Å². The molecule has 0 amide bonds. The van der Waals surface area contributed by atoms with Crippen LogP contribution >= 0.6 is 11.6 Å². The van der Waals surface area contributed by atoms with Crippen LogP contribution in [0.2, 0.25) is 5.02 Å². The maximum Gasteiger partial charge on any atom is 0.333 e. The molecule has 27 heavy (non-hydrogen) atoms. The van der Waals surface area contributed by atoms with Crippen LogP contribution in [0.4, 0.5) is 0 Å². The highest BCUT2D eigenvalue weighted by Gasteiger charge is 2.19. The first kappa shape index (κ1) is 19.3. The zero-order valence-corrected chi connectivity index (χ0v) is 15.9. The number of benzene rings is 2. The van der Waals surface area contributed by atoms with Crippen molar-refractivity contribution in [1.29, 1.82) is 0 Å². The molecule has 0 unspecified atom stereocenters. The monoisotopic (exact) mass is 387 g/mol. The Morgan fingerprint density at radius 1 is 1.15 bits per heavy atom. The molecule has 0 fully saturated rings. The molecule has 1 aliphatic heterocycles. The Hall–Kier alpha value is -2.50. The molecular weight excluding hydrogens is 366 g/mol. The minimum Gasteiger partial charge on any atom is -0.490 e. The molecule has 2 aromatic rings.